The number of halogens is 1. The summed E-state index contributed by atoms with van der Waals surface area (Å²) in [6, 6.07) is 0. The van der Waals surface area contributed by atoms with E-state index in [4.69, 9.17) is 16.3 Å². The van der Waals surface area contributed by atoms with Crippen LogP contribution in [0.25, 0.3) is 0 Å². The molecule has 0 aliphatic carbocycles. The number of rotatable bonds is 5. The summed E-state index contributed by atoms with van der Waals surface area (Å²) in [5.41, 5.74) is -0.381. The number of amides is 2. The summed E-state index contributed by atoms with van der Waals surface area (Å²) in [4.78, 5) is 27.5. The number of carbonyl (C=O) groups is 2. The molecule has 0 saturated heterocycles. The number of alkyl halides is 1. The van der Waals surface area contributed by atoms with Crippen molar-refractivity contribution in [3.05, 3.63) is 0 Å². The van der Waals surface area contributed by atoms with Crippen molar-refractivity contribution in [2.75, 3.05) is 20.0 Å². The van der Waals surface area contributed by atoms with Crippen LogP contribution in [0.15, 0.2) is 5.16 Å². The molecule has 17 heavy (non-hydrogen) atoms. The fourth-order valence-electron chi connectivity index (χ4n) is 0.675. The molecule has 0 bridgehead atoms. The molecule has 0 aliphatic heterocycles. The molecule has 0 spiro atoms. The maximum absolute atomic E-state index is 11.2. The van der Waals surface area contributed by atoms with E-state index in [-0.39, 0.29) is 11.5 Å². The zero-order chi connectivity index (χ0) is 13.5. The molecule has 0 heterocycles. The molecule has 2 amide bonds. The minimum Gasteiger partial charge on any atom is -0.378 e. The molecule has 0 aromatic rings. The largest absolute Gasteiger partial charge is 0.442 e. The first-order valence-corrected chi connectivity index (χ1v) is 5.48. The molecule has 0 aromatic carbocycles. The zero-order valence-electron chi connectivity index (χ0n) is 10.4. The standard InChI is InChI=1S/C10H17ClN2O4/c1-10(2,16-4)5-6-12-17-9(15)13(3)8(14)7-11/h6H,5,7H2,1-4H3. The summed E-state index contributed by atoms with van der Waals surface area (Å²) in [6.07, 6.45) is 1.01. The van der Waals surface area contributed by atoms with E-state index in [9.17, 15) is 9.59 Å². The summed E-state index contributed by atoms with van der Waals surface area (Å²) < 4.78 is 5.13. The zero-order valence-corrected chi connectivity index (χ0v) is 11.2. The van der Waals surface area contributed by atoms with E-state index in [1.165, 1.54) is 13.3 Å². The van der Waals surface area contributed by atoms with Gasteiger partial charge in [0.1, 0.15) is 5.88 Å². The van der Waals surface area contributed by atoms with Crippen LogP contribution in [0.3, 0.4) is 0 Å². The Morgan fingerprint density at radius 2 is 2.06 bits per heavy atom. The Kier molecular flexibility index (Phi) is 6.75. The van der Waals surface area contributed by atoms with Gasteiger partial charge in [0, 0.05) is 26.8 Å². The lowest BCUT2D eigenvalue weighted by molar-refractivity contribution is -0.125. The van der Waals surface area contributed by atoms with Crippen molar-refractivity contribution < 1.29 is 19.2 Å². The van der Waals surface area contributed by atoms with Gasteiger partial charge in [0.2, 0.25) is 5.91 Å². The maximum Gasteiger partial charge on any atom is 0.442 e. The van der Waals surface area contributed by atoms with Crippen LogP contribution in [0.5, 0.6) is 0 Å². The normalized spacial score (nSPS) is 11.6. The van der Waals surface area contributed by atoms with Crippen molar-refractivity contribution in [3.63, 3.8) is 0 Å². The van der Waals surface area contributed by atoms with Gasteiger partial charge in [-0.1, -0.05) is 5.16 Å². The third kappa shape index (κ3) is 6.23. The summed E-state index contributed by atoms with van der Waals surface area (Å²) in [5, 5.41) is 3.45. The molecule has 0 fully saturated rings. The van der Waals surface area contributed by atoms with Crippen LogP contribution >= 0.6 is 11.6 Å². The van der Waals surface area contributed by atoms with E-state index in [1.807, 2.05) is 13.8 Å². The molecule has 0 rings (SSSR count). The molecular formula is C10H17ClN2O4. The van der Waals surface area contributed by atoms with Crippen molar-refractivity contribution in [2.24, 2.45) is 5.16 Å². The average molecular weight is 265 g/mol. The van der Waals surface area contributed by atoms with E-state index >= 15 is 0 Å². The van der Waals surface area contributed by atoms with Crippen LogP contribution in [0.4, 0.5) is 4.79 Å². The molecule has 6 nitrogen and oxygen atoms in total. The number of imide groups is 1. The molecule has 0 aliphatic rings. The van der Waals surface area contributed by atoms with Gasteiger partial charge < -0.3 is 4.74 Å². The minimum absolute atomic E-state index is 0.286. The number of nitrogens with zero attached hydrogens (tertiary/aromatic N) is 2. The van der Waals surface area contributed by atoms with Crippen LogP contribution < -0.4 is 0 Å². The van der Waals surface area contributed by atoms with Crippen LogP contribution in [0.2, 0.25) is 0 Å². The van der Waals surface area contributed by atoms with Gasteiger partial charge in [-0.2, -0.15) is 0 Å². The van der Waals surface area contributed by atoms with Crippen LogP contribution in [-0.2, 0) is 14.4 Å². The summed E-state index contributed by atoms with van der Waals surface area (Å²) >= 11 is 5.28. The summed E-state index contributed by atoms with van der Waals surface area (Å²) in [6.45, 7) is 3.73. The predicted molar refractivity (Wildman–Crippen MR) is 64.2 cm³/mol. The van der Waals surface area contributed by atoms with Gasteiger partial charge in [-0.25, -0.2) is 9.69 Å². The van der Waals surface area contributed by atoms with Crippen molar-refractivity contribution in [2.45, 2.75) is 25.9 Å². The first-order chi connectivity index (χ1) is 7.84. The molecule has 0 saturated carbocycles. The Bertz CT molecular complexity index is 305. The van der Waals surface area contributed by atoms with E-state index in [0.29, 0.717) is 6.42 Å². The molecule has 98 valence electrons. The van der Waals surface area contributed by atoms with Gasteiger partial charge in [-0.05, 0) is 13.8 Å². The molecule has 0 atom stereocenters. The molecule has 0 radical (unpaired) electrons. The van der Waals surface area contributed by atoms with Crippen molar-refractivity contribution in [1.82, 2.24) is 4.90 Å². The lowest BCUT2D eigenvalue weighted by Crippen LogP contribution is -2.33. The van der Waals surface area contributed by atoms with E-state index in [1.54, 1.807) is 7.11 Å². The number of oxime groups is 1. The van der Waals surface area contributed by atoms with Gasteiger partial charge in [-0.3, -0.25) is 9.63 Å². The average Bonchev–Trinajstić information content (AvgIpc) is 2.32. The number of ether oxygens (including phenoxy) is 1. The second-order valence-electron chi connectivity index (χ2n) is 3.90. The molecule has 0 aromatic heterocycles. The smallest absolute Gasteiger partial charge is 0.378 e. The highest BCUT2D eigenvalue weighted by Gasteiger charge is 2.17. The van der Waals surface area contributed by atoms with Gasteiger partial charge in [0.25, 0.3) is 0 Å². The number of hydrogen-bond acceptors (Lipinski definition) is 5. The van der Waals surface area contributed by atoms with E-state index in [0.717, 1.165) is 4.90 Å². The van der Waals surface area contributed by atoms with Crippen LogP contribution in [0.1, 0.15) is 20.3 Å². The lowest BCUT2D eigenvalue weighted by atomic mass is 10.1. The summed E-state index contributed by atoms with van der Waals surface area (Å²) in [5.74, 6) is -0.837. The van der Waals surface area contributed by atoms with Crippen LogP contribution in [0, 0.1) is 0 Å². The Morgan fingerprint density at radius 1 is 1.47 bits per heavy atom. The maximum atomic E-state index is 11.2. The van der Waals surface area contributed by atoms with E-state index in [2.05, 4.69) is 9.99 Å². The van der Waals surface area contributed by atoms with Crippen LogP contribution in [-0.4, -0.2) is 48.8 Å². The Morgan fingerprint density at radius 3 is 2.53 bits per heavy atom. The molecule has 7 heteroatoms. The van der Waals surface area contributed by atoms with Crippen molar-refractivity contribution in [1.29, 1.82) is 0 Å². The monoisotopic (exact) mass is 264 g/mol. The molecule has 0 unspecified atom stereocenters. The van der Waals surface area contributed by atoms with E-state index < -0.39 is 12.0 Å². The first-order valence-electron chi connectivity index (χ1n) is 4.94. The topological polar surface area (TPSA) is 68.2 Å². The van der Waals surface area contributed by atoms with Gasteiger partial charge in [-0.15, -0.1) is 11.6 Å². The highest BCUT2D eigenvalue weighted by atomic mass is 35.5. The third-order valence-corrected chi connectivity index (χ3v) is 2.33. The number of carbonyl (C=O) groups excluding carboxylic acids is 2. The number of hydrogen-bond donors (Lipinski definition) is 0. The highest BCUT2D eigenvalue weighted by molar-refractivity contribution is 6.28. The minimum atomic E-state index is -0.873. The molecular weight excluding hydrogens is 248 g/mol. The van der Waals surface area contributed by atoms with Gasteiger partial charge in [0.15, 0.2) is 0 Å². The molecule has 0 N–H and O–H groups in total. The SMILES string of the molecule is COC(C)(C)CC=NOC(=O)N(C)C(=O)CCl. The Labute approximate surface area is 105 Å². The second kappa shape index (κ2) is 7.24. The highest BCUT2D eigenvalue weighted by Crippen LogP contribution is 2.10. The van der Waals surface area contributed by atoms with Crippen molar-refractivity contribution in [3.8, 4) is 0 Å². The van der Waals surface area contributed by atoms with Gasteiger partial charge in [0.05, 0.1) is 5.60 Å². The number of methoxy groups -OCH3 is 1. The van der Waals surface area contributed by atoms with Crippen molar-refractivity contribution >= 4 is 29.8 Å². The lowest BCUT2D eigenvalue weighted by Gasteiger charge is -2.19. The summed E-state index contributed by atoms with van der Waals surface area (Å²) in [7, 11) is 2.84. The third-order valence-electron chi connectivity index (χ3n) is 2.10. The van der Waals surface area contributed by atoms with Gasteiger partial charge >= 0.3 is 6.09 Å². The quantitative estimate of drug-likeness (QED) is 0.327. The first kappa shape index (κ1) is 15.9. The predicted octanol–water partition coefficient (Wildman–Crippen LogP) is 1.62. The second-order valence-corrected chi connectivity index (χ2v) is 4.17. The fraction of sp³-hybridized carbons (Fsp3) is 0.700. The Hall–Kier alpha value is -1.14. The Balaban J connectivity index is 4.08. The fourth-order valence-corrected chi connectivity index (χ4v) is 0.855.